The fourth-order valence-electron chi connectivity index (χ4n) is 2.11. The van der Waals surface area contributed by atoms with E-state index < -0.39 is 29.7 Å². The number of rotatable bonds is 5. The summed E-state index contributed by atoms with van der Waals surface area (Å²) in [5, 5.41) is 12.0. The van der Waals surface area contributed by atoms with Crippen molar-refractivity contribution in [3.63, 3.8) is 0 Å². The third-order valence-corrected chi connectivity index (χ3v) is 3.68. The number of carbonyl (C=O) groups is 2. The number of halogens is 4. The van der Waals surface area contributed by atoms with Crippen LogP contribution in [0.5, 0.6) is 0 Å². The molecule has 0 spiro atoms. The van der Waals surface area contributed by atoms with Gasteiger partial charge in [0.2, 0.25) is 0 Å². The first-order valence-corrected chi connectivity index (χ1v) is 7.50. The monoisotopic (exact) mass is 371 g/mol. The zero-order valence-electron chi connectivity index (χ0n) is 12.7. The Hall–Kier alpha value is -2.54. The summed E-state index contributed by atoms with van der Waals surface area (Å²) in [6.07, 6.45) is -4.49. The molecule has 0 saturated carbocycles. The number of carbonyl (C=O) groups excluding carboxylic acids is 1. The molecule has 0 bridgehead atoms. The maximum atomic E-state index is 12.5. The lowest BCUT2D eigenvalue weighted by atomic mass is 10.1. The summed E-state index contributed by atoms with van der Waals surface area (Å²) in [5.41, 5.74) is -0.306. The van der Waals surface area contributed by atoms with Crippen LogP contribution >= 0.6 is 11.6 Å². The largest absolute Gasteiger partial charge is 0.480 e. The molecule has 2 rings (SSSR count). The summed E-state index contributed by atoms with van der Waals surface area (Å²) < 4.78 is 37.6. The fraction of sp³-hybridized carbons (Fsp3) is 0.176. The minimum absolute atomic E-state index is 0.0128. The Balaban J connectivity index is 2.09. The van der Waals surface area contributed by atoms with Crippen molar-refractivity contribution in [3.05, 3.63) is 70.2 Å². The van der Waals surface area contributed by atoms with Gasteiger partial charge >= 0.3 is 12.1 Å². The maximum absolute atomic E-state index is 12.5. The molecule has 25 heavy (non-hydrogen) atoms. The predicted octanol–water partition coefficient (Wildman–Crippen LogP) is 3.78. The average Bonchev–Trinajstić information content (AvgIpc) is 2.55. The lowest BCUT2D eigenvalue weighted by molar-refractivity contribution is -0.139. The smallest absolute Gasteiger partial charge is 0.416 e. The molecule has 2 aromatic rings. The van der Waals surface area contributed by atoms with Crippen molar-refractivity contribution >= 4 is 23.5 Å². The lowest BCUT2D eigenvalue weighted by Gasteiger charge is -2.15. The molecule has 2 aromatic carbocycles. The molecular formula is C17H13ClF3NO3. The van der Waals surface area contributed by atoms with Crippen molar-refractivity contribution in [2.24, 2.45) is 0 Å². The highest BCUT2D eigenvalue weighted by molar-refractivity contribution is 6.30. The molecule has 0 aliphatic carbocycles. The van der Waals surface area contributed by atoms with Crippen molar-refractivity contribution in [2.45, 2.75) is 18.6 Å². The zero-order chi connectivity index (χ0) is 18.6. The Morgan fingerprint density at radius 3 is 2.08 bits per heavy atom. The average molecular weight is 372 g/mol. The molecule has 1 atom stereocenters. The second kappa shape index (κ2) is 7.57. The molecule has 0 heterocycles. The highest BCUT2D eigenvalue weighted by atomic mass is 35.5. The summed E-state index contributed by atoms with van der Waals surface area (Å²) >= 11 is 5.75. The van der Waals surface area contributed by atoms with Crippen molar-refractivity contribution < 1.29 is 27.9 Å². The van der Waals surface area contributed by atoms with Crippen LogP contribution in [-0.4, -0.2) is 23.0 Å². The van der Waals surface area contributed by atoms with Gasteiger partial charge in [0, 0.05) is 17.0 Å². The van der Waals surface area contributed by atoms with E-state index in [9.17, 15) is 27.9 Å². The van der Waals surface area contributed by atoms with Gasteiger partial charge in [0.05, 0.1) is 5.56 Å². The minimum Gasteiger partial charge on any atom is -0.480 e. The van der Waals surface area contributed by atoms with Crippen LogP contribution in [0.4, 0.5) is 13.2 Å². The summed E-state index contributed by atoms with van der Waals surface area (Å²) in [6, 6.07) is 8.74. The standard InChI is InChI=1S/C17H13ClF3NO3/c18-13-7-1-10(2-8-13)9-14(16(24)25)22-15(23)11-3-5-12(6-4-11)17(19,20)21/h1-8,14H,9H2,(H,22,23)(H,24,25)/t14-/m1/s1. The molecule has 0 fully saturated rings. The van der Waals surface area contributed by atoms with Crippen LogP contribution in [0.3, 0.4) is 0 Å². The summed E-state index contributed by atoms with van der Waals surface area (Å²) in [7, 11) is 0. The zero-order valence-corrected chi connectivity index (χ0v) is 13.4. The molecule has 2 N–H and O–H groups in total. The molecule has 0 aliphatic rings. The number of aliphatic carboxylic acids is 1. The van der Waals surface area contributed by atoms with E-state index in [-0.39, 0.29) is 12.0 Å². The number of carboxylic acid groups (broad SMARTS) is 1. The van der Waals surface area contributed by atoms with Crippen LogP contribution in [0.25, 0.3) is 0 Å². The third-order valence-electron chi connectivity index (χ3n) is 3.43. The van der Waals surface area contributed by atoms with Crippen LogP contribution in [-0.2, 0) is 17.4 Å². The van der Waals surface area contributed by atoms with E-state index in [2.05, 4.69) is 5.32 Å². The van der Waals surface area contributed by atoms with Crippen LogP contribution < -0.4 is 5.32 Å². The molecule has 0 aliphatic heterocycles. The molecule has 0 saturated heterocycles. The van der Waals surface area contributed by atoms with Crippen molar-refractivity contribution in [1.29, 1.82) is 0 Å². The van der Waals surface area contributed by atoms with E-state index in [1.165, 1.54) is 0 Å². The van der Waals surface area contributed by atoms with Gasteiger partial charge in [-0.1, -0.05) is 23.7 Å². The van der Waals surface area contributed by atoms with Gasteiger partial charge in [-0.25, -0.2) is 4.79 Å². The highest BCUT2D eigenvalue weighted by Crippen LogP contribution is 2.29. The Bertz CT molecular complexity index is 758. The molecule has 0 aromatic heterocycles. The van der Waals surface area contributed by atoms with Gasteiger partial charge in [0.25, 0.3) is 5.91 Å². The Morgan fingerprint density at radius 1 is 1.04 bits per heavy atom. The number of hydrogen-bond acceptors (Lipinski definition) is 2. The van der Waals surface area contributed by atoms with Gasteiger partial charge in [-0.3, -0.25) is 4.79 Å². The number of amides is 1. The summed E-state index contributed by atoms with van der Waals surface area (Å²) in [6.45, 7) is 0. The lowest BCUT2D eigenvalue weighted by Crippen LogP contribution is -2.42. The quantitative estimate of drug-likeness (QED) is 0.840. The van der Waals surface area contributed by atoms with Gasteiger partial charge in [-0.2, -0.15) is 13.2 Å². The Kier molecular flexibility index (Phi) is 5.69. The van der Waals surface area contributed by atoms with Gasteiger partial charge in [-0.15, -0.1) is 0 Å². The van der Waals surface area contributed by atoms with E-state index in [0.717, 1.165) is 24.3 Å². The van der Waals surface area contributed by atoms with E-state index in [1.54, 1.807) is 24.3 Å². The van der Waals surface area contributed by atoms with Crippen LogP contribution in [0.1, 0.15) is 21.5 Å². The number of hydrogen-bond donors (Lipinski definition) is 2. The Labute approximate surface area is 146 Å². The molecular weight excluding hydrogens is 359 g/mol. The second-order valence-electron chi connectivity index (χ2n) is 5.27. The van der Waals surface area contributed by atoms with E-state index >= 15 is 0 Å². The van der Waals surface area contributed by atoms with Gasteiger partial charge in [0.15, 0.2) is 0 Å². The van der Waals surface area contributed by atoms with Crippen molar-refractivity contribution in [1.82, 2.24) is 5.32 Å². The molecule has 1 amide bonds. The second-order valence-corrected chi connectivity index (χ2v) is 5.71. The van der Waals surface area contributed by atoms with Crippen LogP contribution in [0, 0.1) is 0 Å². The summed E-state index contributed by atoms with van der Waals surface area (Å²) in [5.74, 6) is -2.02. The normalized spacial score (nSPS) is 12.5. The maximum Gasteiger partial charge on any atom is 0.416 e. The number of alkyl halides is 3. The number of benzene rings is 2. The molecule has 4 nitrogen and oxygen atoms in total. The van der Waals surface area contributed by atoms with Crippen LogP contribution in [0.2, 0.25) is 5.02 Å². The Morgan fingerprint density at radius 2 is 1.60 bits per heavy atom. The van der Waals surface area contributed by atoms with E-state index in [0.29, 0.717) is 10.6 Å². The number of carboxylic acids is 1. The topological polar surface area (TPSA) is 66.4 Å². The molecule has 0 radical (unpaired) electrons. The van der Waals surface area contributed by atoms with Gasteiger partial charge in [-0.05, 0) is 42.0 Å². The first-order valence-electron chi connectivity index (χ1n) is 7.12. The van der Waals surface area contributed by atoms with Gasteiger partial charge in [0.1, 0.15) is 6.04 Å². The first-order chi connectivity index (χ1) is 11.7. The molecule has 0 unspecified atom stereocenters. The minimum atomic E-state index is -4.51. The highest BCUT2D eigenvalue weighted by Gasteiger charge is 2.30. The first kappa shape index (κ1) is 18.8. The summed E-state index contributed by atoms with van der Waals surface area (Å²) in [4.78, 5) is 23.4. The fourth-order valence-corrected chi connectivity index (χ4v) is 2.23. The third kappa shape index (κ3) is 5.22. The van der Waals surface area contributed by atoms with E-state index in [1.807, 2.05) is 0 Å². The molecule has 8 heteroatoms. The van der Waals surface area contributed by atoms with Crippen molar-refractivity contribution in [2.75, 3.05) is 0 Å². The van der Waals surface area contributed by atoms with Crippen LogP contribution in [0.15, 0.2) is 48.5 Å². The van der Waals surface area contributed by atoms with Gasteiger partial charge < -0.3 is 10.4 Å². The van der Waals surface area contributed by atoms with Crippen molar-refractivity contribution in [3.8, 4) is 0 Å². The van der Waals surface area contributed by atoms with E-state index in [4.69, 9.17) is 11.6 Å². The molecule has 132 valence electrons. The SMILES string of the molecule is O=C(N[C@H](Cc1ccc(Cl)cc1)C(=O)O)c1ccc(C(F)(F)F)cc1. The predicted molar refractivity (Wildman–Crippen MR) is 85.5 cm³/mol. The number of nitrogens with one attached hydrogen (secondary N) is 1.